The summed E-state index contributed by atoms with van der Waals surface area (Å²) >= 11 is 0. The lowest BCUT2D eigenvalue weighted by Gasteiger charge is -2.35. The van der Waals surface area contributed by atoms with E-state index in [-0.39, 0.29) is 29.2 Å². The third-order valence-corrected chi connectivity index (χ3v) is 9.23. The number of nitrogens with zero attached hydrogens (tertiary/aromatic N) is 2. The normalized spacial score (nSPS) is 22.8. The highest BCUT2D eigenvalue weighted by Gasteiger charge is 2.37. The Morgan fingerprint density at radius 3 is 2.64 bits per heavy atom. The number of carbonyl (C=O) groups is 2. The topological polar surface area (TPSA) is 96.0 Å². The molecule has 0 saturated carbocycles. The molecule has 0 aliphatic carbocycles. The maximum atomic E-state index is 13.6. The van der Waals surface area contributed by atoms with Crippen molar-refractivity contribution in [2.75, 3.05) is 31.5 Å². The average Bonchev–Trinajstić information content (AvgIpc) is 2.89. The number of nitrogens with one attached hydrogen (secondary N) is 1. The number of carbonyl (C=O) groups excluding carboxylic acids is 2. The Labute approximate surface area is 212 Å². The van der Waals surface area contributed by atoms with Gasteiger partial charge in [-0.05, 0) is 55.9 Å². The standard InChI is InChI=1S/C27H31N3O5S/c1-18-15-23-24(35-19(2)26(31)28-23)16-25(18)36(33,34)30-12-6-9-22(17-30)27(32)29-13-10-21(11-14-29)20-7-4-3-5-8-20/h3-5,7-8,10,15-16,19,22H,6,9,11-14,17H2,1-2H3,(H,28,31)/t19-,22+/m1/s1. The van der Waals surface area contributed by atoms with Crippen LogP contribution in [0.25, 0.3) is 5.57 Å². The molecule has 2 atom stereocenters. The van der Waals surface area contributed by atoms with Crippen LogP contribution in [-0.2, 0) is 19.6 Å². The number of amides is 2. The number of ether oxygens (including phenoxy) is 1. The summed E-state index contributed by atoms with van der Waals surface area (Å²) in [5.74, 6) is -0.280. The zero-order valence-electron chi connectivity index (χ0n) is 20.6. The van der Waals surface area contributed by atoms with Crippen molar-refractivity contribution in [1.82, 2.24) is 9.21 Å². The molecule has 5 rings (SSSR count). The maximum absolute atomic E-state index is 13.6. The minimum Gasteiger partial charge on any atom is -0.479 e. The Kier molecular flexibility index (Phi) is 6.61. The highest BCUT2D eigenvalue weighted by Crippen LogP contribution is 2.36. The van der Waals surface area contributed by atoms with E-state index >= 15 is 0 Å². The number of aryl methyl sites for hydroxylation is 1. The summed E-state index contributed by atoms with van der Waals surface area (Å²) in [6, 6.07) is 13.3. The molecule has 2 amide bonds. The van der Waals surface area contributed by atoms with Gasteiger partial charge >= 0.3 is 0 Å². The number of anilines is 1. The predicted molar refractivity (Wildman–Crippen MR) is 137 cm³/mol. The van der Waals surface area contributed by atoms with Crippen LogP contribution in [0.15, 0.2) is 53.4 Å². The summed E-state index contributed by atoms with van der Waals surface area (Å²) in [4.78, 5) is 27.2. The van der Waals surface area contributed by atoms with Gasteiger partial charge in [0.05, 0.1) is 16.5 Å². The average molecular weight is 510 g/mol. The summed E-state index contributed by atoms with van der Waals surface area (Å²) in [5.41, 5.74) is 3.41. The molecular formula is C27H31N3O5S. The SMILES string of the molecule is Cc1cc2c(cc1S(=O)(=O)N1CCC[C@H](C(=O)N3CC=C(c4ccccc4)CC3)C1)O[C@H](C)C(=O)N2. The molecule has 36 heavy (non-hydrogen) atoms. The number of hydrogen-bond donors (Lipinski definition) is 1. The first kappa shape index (κ1) is 24.5. The van der Waals surface area contributed by atoms with E-state index in [1.807, 2.05) is 23.1 Å². The molecule has 8 nitrogen and oxygen atoms in total. The molecule has 0 unspecified atom stereocenters. The van der Waals surface area contributed by atoms with Crippen molar-refractivity contribution >= 4 is 33.1 Å². The lowest BCUT2D eigenvalue weighted by molar-refractivity contribution is -0.136. The van der Waals surface area contributed by atoms with Gasteiger partial charge in [0.1, 0.15) is 5.75 Å². The second kappa shape index (κ2) is 9.71. The lowest BCUT2D eigenvalue weighted by Crippen LogP contribution is -2.47. The Morgan fingerprint density at radius 1 is 1.14 bits per heavy atom. The van der Waals surface area contributed by atoms with Crippen molar-refractivity contribution in [1.29, 1.82) is 0 Å². The number of benzene rings is 2. The molecule has 2 aromatic carbocycles. The molecule has 9 heteroatoms. The van der Waals surface area contributed by atoms with E-state index in [0.29, 0.717) is 49.5 Å². The molecular weight excluding hydrogens is 478 g/mol. The molecule has 190 valence electrons. The highest BCUT2D eigenvalue weighted by atomic mass is 32.2. The Balaban J connectivity index is 1.30. The summed E-state index contributed by atoms with van der Waals surface area (Å²) in [6.45, 7) is 5.03. The summed E-state index contributed by atoms with van der Waals surface area (Å²) < 4.78 is 34.3. The van der Waals surface area contributed by atoms with Crippen molar-refractivity contribution in [2.24, 2.45) is 5.92 Å². The maximum Gasteiger partial charge on any atom is 0.265 e. The van der Waals surface area contributed by atoms with Crippen molar-refractivity contribution in [3.8, 4) is 5.75 Å². The quantitative estimate of drug-likeness (QED) is 0.681. The molecule has 0 aromatic heterocycles. The first-order valence-corrected chi connectivity index (χ1v) is 13.8. The molecule has 3 aliphatic rings. The summed E-state index contributed by atoms with van der Waals surface area (Å²) in [6.07, 6.45) is 3.49. The van der Waals surface area contributed by atoms with Crippen LogP contribution >= 0.6 is 0 Å². The first-order chi connectivity index (χ1) is 17.2. The van der Waals surface area contributed by atoms with Crippen molar-refractivity contribution < 1.29 is 22.7 Å². The molecule has 0 radical (unpaired) electrons. The van der Waals surface area contributed by atoms with Crippen molar-refractivity contribution in [3.05, 3.63) is 59.7 Å². The largest absolute Gasteiger partial charge is 0.479 e. The minimum absolute atomic E-state index is 0.0142. The predicted octanol–water partition coefficient (Wildman–Crippen LogP) is 3.43. The van der Waals surface area contributed by atoms with E-state index in [1.54, 1.807) is 19.9 Å². The fourth-order valence-electron chi connectivity index (χ4n) is 5.16. The smallest absolute Gasteiger partial charge is 0.265 e. The Morgan fingerprint density at radius 2 is 1.92 bits per heavy atom. The van der Waals surface area contributed by atoms with Crippen LogP contribution in [0.2, 0.25) is 0 Å². The van der Waals surface area contributed by atoms with Crippen LogP contribution in [0, 0.1) is 12.8 Å². The fourth-order valence-corrected chi connectivity index (χ4v) is 6.91. The zero-order valence-corrected chi connectivity index (χ0v) is 21.4. The van der Waals surface area contributed by atoms with Crippen LogP contribution in [0.3, 0.4) is 0 Å². The van der Waals surface area contributed by atoms with Gasteiger partial charge in [-0.3, -0.25) is 9.59 Å². The van der Waals surface area contributed by atoms with Crippen LogP contribution in [0.4, 0.5) is 5.69 Å². The fraction of sp³-hybridized carbons (Fsp3) is 0.407. The van der Waals surface area contributed by atoms with Crippen LogP contribution < -0.4 is 10.1 Å². The second-order valence-corrected chi connectivity index (χ2v) is 11.6. The van der Waals surface area contributed by atoms with Crippen molar-refractivity contribution in [3.63, 3.8) is 0 Å². The first-order valence-electron chi connectivity index (χ1n) is 12.4. The lowest BCUT2D eigenvalue weighted by atomic mass is 9.95. The van der Waals surface area contributed by atoms with Crippen molar-refractivity contribution in [2.45, 2.75) is 44.1 Å². The van der Waals surface area contributed by atoms with Gasteiger partial charge in [-0.25, -0.2) is 8.42 Å². The third-order valence-electron chi connectivity index (χ3n) is 7.22. The van der Waals surface area contributed by atoms with Crippen LogP contribution in [0.5, 0.6) is 5.75 Å². The molecule has 2 aromatic rings. The number of sulfonamides is 1. The second-order valence-electron chi connectivity index (χ2n) is 9.70. The molecule has 3 aliphatic heterocycles. The Bertz CT molecular complexity index is 1320. The van der Waals surface area contributed by atoms with E-state index in [9.17, 15) is 18.0 Å². The zero-order chi connectivity index (χ0) is 25.4. The van der Waals surface area contributed by atoms with Gasteiger partial charge in [0.2, 0.25) is 15.9 Å². The van der Waals surface area contributed by atoms with E-state index < -0.39 is 16.1 Å². The minimum atomic E-state index is -3.84. The number of rotatable bonds is 4. The molecule has 0 spiro atoms. The molecule has 1 saturated heterocycles. The van der Waals surface area contributed by atoms with Gasteiger partial charge < -0.3 is 15.0 Å². The number of hydrogen-bond acceptors (Lipinski definition) is 5. The van der Waals surface area contributed by atoms with E-state index in [2.05, 4.69) is 23.5 Å². The summed E-state index contributed by atoms with van der Waals surface area (Å²) in [7, 11) is -3.84. The van der Waals surface area contributed by atoms with Gasteiger partial charge in [-0.1, -0.05) is 36.4 Å². The third kappa shape index (κ3) is 4.65. The van der Waals surface area contributed by atoms with Gasteiger partial charge in [0, 0.05) is 32.2 Å². The van der Waals surface area contributed by atoms with E-state index in [1.165, 1.54) is 21.5 Å². The monoisotopic (exact) mass is 509 g/mol. The van der Waals surface area contributed by atoms with Gasteiger partial charge in [-0.2, -0.15) is 4.31 Å². The Hall–Kier alpha value is -3.17. The van der Waals surface area contributed by atoms with E-state index in [4.69, 9.17) is 4.74 Å². The van der Waals surface area contributed by atoms with Crippen LogP contribution in [0.1, 0.15) is 37.3 Å². The van der Waals surface area contributed by atoms with Crippen LogP contribution in [-0.4, -0.2) is 61.7 Å². The molecule has 1 N–H and O–H groups in total. The van der Waals surface area contributed by atoms with E-state index in [0.717, 1.165) is 6.42 Å². The summed E-state index contributed by atoms with van der Waals surface area (Å²) in [5, 5.41) is 2.75. The number of fused-ring (bicyclic) bond motifs is 1. The van der Waals surface area contributed by atoms with Gasteiger partial charge in [0.15, 0.2) is 6.10 Å². The molecule has 1 fully saturated rings. The van der Waals surface area contributed by atoms with Gasteiger partial charge in [0.25, 0.3) is 5.91 Å². The molecule has 3 heterocycles. The molecule has 0 bridgehead atoms. The van der Waals surface area contributed by atoms with Gasteiger partial charge in [-0.15, -0.1) is 0 Å². The number of piperidine rings is 1. The highest BCUT2D eigenvalue weighted by molar-refractivity contribution is 7.89.